The number of aliphatic hydroxyl groups is 5. The van der Waals surface area contributed by atoms with E-state index in [1.807, 2.05) is 25.9 Å². The van der Waals surface area contributed by atoms with Crippen molar-refractivity contribution in [3.05, 3.63) is 0 Å². The standard InChI is InChI=1S/C37H68N2O12/c1-14-25-37(10,45)30(41)20(4)27(38)18(2)16-35(8,44)32(51-34-28(40)24(39(11)12)15-19(3)47-34)21(5)29(22(6)33(43)49-25)50-26-17-36(9,46-13)31(42)23(7)48-26/h18-26,28-32,34,38,40-42,44-45H,14-17H2,1-13H3/t18-,19+,20+,21+,22+,23+,24-,25+,26+,28+,29+,30+,31+,32-,34-,35+,36-,37-/m0/s1. The van der Waals surface area contributed by atoms with E-state index in [0.717, 1.165) is 0 Å². The molecule has 18 atom stereocenters. The van der Waals surface area contributed by atoms with Gasteiger partial charge < -0.3 is 64.3 Å². The molecule has 0 aromatic rings. The topological polar surface area (TPSA) is 201 Å². The molecule has 298 valence electrons. The summed E-state index contributed by atoms with van der Waals surface area (Å²) in [7, 11) is 5.21. The predicted molar refractivity (Wildman–Crippen MR) is 189 cm³/mol. The van der Waals surface area contributed by atoms with Crippen molar-refractivity contribution in [2.24, 2.45) is 23.7 Å². The number of esters is 1. The van der Waals surface area contributed by atoms with Crippen LogP contribution in [0.4, 0.5) is 0 Å². The zero-order valence-electron chi connectivity index (χ0n) is 33.0. The number of aliphatic hydroxyl groups excluding tert-OH is 3. The molecule has 0 aliphatic carbocycles. The Morgan fingerprint density at radius 2 is 1.53 bits per heavy atom. The Bertz CT molecular complexity index is 1170. The molecular formula is C37H68N2O12. The van der Waals surface area contributed by atoms with Crippen LogP contribution in [0.5, 0.6) is 0 Å². The monoisotopic (exact) mass is 732 g/mol. The number of rotatable bonds is 7. The third-order valence-electron chi connectivity index (χ3n) is 11.9. The molecule has 3 heterocycles. The van der Waals surface area contributed by atoms with Crippen LogP contribution in [0.2, 0.25) is 0 Å². The van der Waals surface area contributed by atoms with Crippen LogP contribution in [0.25, 0.3) is 0 Å². The molecule has 3 aliphatic rings. The second-order valence-corrected chi connectivity index (χ2v) is 16.5. The van der Waals surface area contributed by atoms with E-state index in [0.29, 0.717) is 6.42 Å². The second kappa shape index (κ2) is 17.0. The van der Waals surface area contributed by atoms with E-state index in [2.05, 4.69) is 0 Å². The first kappa shape index (κ1) is 44.1. The van der Waals surface area contributed by atoms with Crippen LogP contribution >= 0.6 is 0 Å². The fourth-order valence-corrected chi connectivity index (χ4v) is 8.43. The summed E-state index contributed by atoms with van der Waals surface area (Å²) >= 11 is 0. The van der Waals surface area contributed by atoms with Gasteiger partial charge in [-0.2, -0.15) is 0 Å². The SMILES string of the molecule is CC[C@H]1OC(=O)[C@H](C)[C@H](O[C@@H]2C[C@](C)(OC)[C@H](O)[C@@H](C)O2)[C@@H](C)[C@H](O[C@@H]2O[C@H](C)C[C@H](N(C)C)[C@H]2O)[C@](C)(O)C[C@H](C)C(=N)[C@@H](C)[C@@H](O)[C@@]1(C)O. The van der Waals surface area contributed by atoms with Crippen molar-refractivity contribution in [3.63, 3.8) is 0 Å². The molecule has 0 unspecified atom stereocenters. The largest absolute Gasteiger partial charge is 0.459 e. The summed E-state index contributed by atoms with van der Waals surface area (Å²) < 4.78 is 37.2. The summed E-state index contributed by atoms with van der Waals surface area (Å²) in [5.74, 6) is -4.02. The zero-order valence-corrected chi connectivity index (χ0v) is 33.0. The maximum absolute atomic E-state index is 14.1. The average Bonchev–Trinajstić information content (AvgIpc) is 3.05. The first-order chi connectivity index (χ1) is 23.4. The fraction of sp³-hybridized carbons (Fsp3) is 0.946. The normalized spacial score (nSPS) is 49.7. The van der Waals surface area contributed by atoms with Gasteiger partial charge in [0.15, 0.2) is 12.6 Å². The molecule has 0 spiro atoms. The molecule has 0 radical (unpaired) electrons. The quantitative estimate of drug-likeness (QED) is 0.209. The smallest absolute Gasteiger partial charge is 0.311 e. The lowest BCUT2D eigenvalue weighted by Gasteiger charge is -2.49. The molecule has 0 aromatic heterocycles. The van der Waals surface area contributed by atoms with Crippen molar-refractivity contribution >= 4 is 11.7 Å². The van der Waals surface area contributed by atoms with Crippen molar-refractivity contribution < 1.29 is 58.7 Å². The van der Waals surface area contributed by atoms with Gasteiger partial charge >= 0.3 is 5.97 Å². The Labute approximate surface area is 304 Å². The van der Waals surface area contributed by atoms with Crippen LogP contribution in [0, 0.1) is 29.1 Å². The van der Waals surface area contributed by atoms with Crippen LogP contribution in [0.1, 0.15) is 94.9 Å². The van der Waals surface area contributed by atoms with Crippen LogP contribution in [0.15, 0.2) is 0 Å². The molecular weight excluding hydrogens is 664 g/mol. The van der Waals surface area contributed by atoms with E-state index in [4.69, 9.17) is 33.8 Å². The maximum atomic E-state index is 14.1. The van der Waals surface area contributed by atoms with Crippen molar-refractivity contribution in [1.29, 1.82) is 5.41 Å². The van der Waals surface area contributed by atoms with Gasteiger partial charge in [-0.1, -0.05) is 27.7 Å². The molecule has 0 bridgehead atoms. The number of nitrogens with one attached hydrogen (secondary N) is 1. The number of cyclic esters (lactones) is 1. The van der Waals surface area contributed by atoms with Crippen molar-refractivity contribution in [2.75, 3.05) is 21.2 Å². The highest BCUT2D eigenvalue weighted by Crippen LogP contribution is 2.40. The van der Waals surface area contributed by atoms with Crippen LogP contribution < -0.4 is 0 Å². The molecule has 0 amide bonds. The summed E-state index contributed by atoms with van der Waals surface area (Å²) in [5.41, 5.74) is -4.58. The molecule has 14 nitrogen and oxygen atoms in total. The van der Waals surface area contributed by atoms with Crippen LogP contribution in [-0.2, 0) is 33.2 Å². The van der Waals surface area contributed by atoms with Gasteiger partial charge in [0.05, 0.1) is 47.6 Å². The average molecular weight is 733 g/mol. The van der Waals surface area contributed by atoms with Gasteiger partial charge in [0.25, 0.3) is 0 Å². The molecule has 14 heteroatoms. The summed E-state index contributed by atoms with van der Waals surface area (Å²) in [6.07, 6.45) is -9.12. The minimum absolute atomic E-state index is 0.0107. The summed E-state index contributed by atoms with van der Waals surface area (Å²) in [6.45, 7) is 16.8. The lowest BCUT2D eigenvalue weighted by atomic mass is 9.73. The van der Waals surface area contributed by atoms with E-state index in [9.17, 15) is 30.3 Å². The first-order valence-electron chi connectivity index (χ1n) is 18.5. The van der Waals surface area contributed by atoms with Gasteiger partial charge in [-0.15, -0.1) is 0 Å². The fourth-order valence-electron chi connectivity index (χ4n) is 8.43. The predicted octanol–water partition coefficient (Wildman–Crippen LogP) is 2.24. The van der Waals surface area contributed by atoms with Gasteiger partial charge in [0, 0.05) is 37.1 Å². The van der Waals surface area contributed by atoms with Gasteiger partial charge in [-0.3, -0.25) is 4.79 Å². The Morgan fingerprint density at radius 3 is 2.08 bits per heavy atom. The van der Waals surface area contributed by atoms with Gasteiger partial charge in [0.2, 0.25) is 0 Å². The molecule has 0 aromatic carbocycles. The van der Waals surface area contributed by atoms with E-state index in [1.165, 1.54) is 14.0 Å². The second-order valence-electron chi connectivity index (χ2n) is 16.5. The molecule has 0 saturated carbocycles. The van der Waals surface area contributed by atoms with Gasteiger partial charge in [-0.05, 0) is 80.8 Å². The molecule has 3 saturated heterocycles. The lowest BCUT2D eigenvalue weighted by Crippen LogP contribution is -2.61. The number of likely N-dealkylation sites (N-methyl/N-ethyl adjacent to an activating group) is 1. The summed E-state index contributed by atoms with van der Waals surface area (Å²) in [4.78, 5) is 16.0. The Hall–Kier alpha value is -1.30. The highest BCUT2D eigenvalue weighted by Gasteiger charge is 2.53. The highest BCUT2D eigenvalue weighted by molar-refractivity contribution is 5.86. The number of carbonyl (C=O) groups is 1. The Kier molecular flexibility index (Phi) is 14.7. The van der Waals surface area contributed by atoms with Crippen molar-refractivity contribution in [2.45, 2.75) is 179 Å². The van der Waals surface area contributed by atoms with Crippen LogP contribution in [0.3, 0.4) is 0 Å². The van der Waals surface area contributed by atoms with E-state index in [1.54, 1.807) is 55.4 Å². The maximum Gasteiger partial charge on any atom is 0.311 e. The highest BCUT2D eigenvalue weighted by atomic mass is 16.7. The van der Waals surface area contributed by atoms with Gasteiger partial charge in [0.1, 0.15) is 23.9 Å². The first-order valence-corrected chi connectivity index (χ1v) is 18.5. The zero-order chi connectivity index (χ0) is 39.0. The minimum atomic E-state index is -1.91. The van der Waals surface area contributed by atoms with Gasteiger partial charge in [-0.25, -0.2) is 0 Å². The summed E-state index contributed by atoms with van der Waals surface area (Å²) in [6, 6.07) is -0.304. The summed E-state index contributed by atoms with van der Waals surface area (Å²) in [5, 5.41) is 66.9. The van der Waals surface area contributed by atoms with E-state index in [-0.39, 0.29) is 37.1 Å². The van der Waals surface area contributed by atoms with Crippen LogP contribution in [-0.4, -0.2) is 148 Å². The number of hydrogen-bond acceptors (Lipinski definition) is 14. The number of hydrogen-bond donors (Lipinski definition) is 6. The Balaban J connectivity index is 2.18. The van der Waals surface area contributed by atoms with Crippen molar-refractivity contribution in [1.82, 2.24) is 4.90 Å². The number of carbonyl (C=O) groups excluding carboxylic acids is 1. The Morgan fingerprint density at radius 1 is 0.922 bits per heavy atom. The number of ether oxygens (including phenoxy) is 6. The molecule has 51 heavy (non-hydrogen) atoms. The lowest BCUT2D eigenvalue weighted by molar-refractivity contribution is -0.317. The van der Waals surface area contributed by atoms with Crippen molar-refractivity contribution in [3.8, 4) is 0 Å². The van der Waals surface area contributed by atoms with E-state index < -0.39 is 102 Å². The molecule has 6 N–H and O–H groups in total. The third-order valence-corrected chi connectivity index (χ3v) is 11.9. The number of nitrogens with zero attached hydrogens (tertiary/aromatic N) is 1. The molecule has 3 fully saturated rings. The molecule has 3 rings (SSSR count). The third kappa shape index (κ3) is 9.51. The van der Waals surface area contributed by atoms with E-state index >= 15 is 0 Å². The number of methoxy groups -OCH3 is 1. The molecule has 3 aliphatic heterocycles. The minimum Gasteiger partial charge on any atom is -0.459 e.